The van der Waals surface area contributed by atoms with Crippen molar-refractivity contribution in [3.05, 3.63) is 0 Å². The lowest BCUT2D eigenvalue weighted by Crippen LogP contribution is -2.63. The van der Waals surface area contributed by atoms with E-state index in [0.717, 1.165) is 45.6 Å². The van der Waals surface area contributed by atoms with Crippen molar-refractivity contribution in [2.24, 2.45) is 5.84 Å². The Hall–Kier alpha value is -0.600. The molecule has 1 fully saturated rings. The van der Waals surface area contributed by atoms with Gasteiger partial charge in [0.05, 0.1) is 13.2 Å². The lowest BCUT2D eigenvalue weighted by Gasteiger charge is -2.47. The van der Waals surface area contributed by atoms with Gasteiger partial charge in [0.2, 0.25) is 0 Å². The van der Waals surface area contributed by atoms with E-state index >= 15 is 0 Å². The third-order valence-electron chi connectivity index (χ3n) is 4.14. The largest absolute Gasteiger partial charge is 0.379 e. The van der Waals surface area contributed by atoms with Crippen LogP contribution in [0.3, 0.4) is 0 Å². The van der Waals surface area contributed by atoms with Crippen molar-refractivity contribution in [3.63, 3.8) is 0 Å². The number of hydrogen-bond acceptors (Lipinski definition) is 4. The lowest BCUT2D eigenvalue weighted by atomic mass is 9.84. The average Bonchev–Trinajstić information content (AvgIpc) is 2.44. The predicted octanol–water partition coefficient (Wildman–Crippen LogP) is 1.12. The maximum Gasteiger partial charge on any atom is 0.0594 e. The minimum Gasteiger partial charge on any atom is -0.379 e. The number of rotatable bonds is 6. The molecular weight excluding hydrogens is 226 g/mol. The number of nitrogens with two attached hydrogens (primary N) is 1. The summed E-state index contributed by atoms with van der Waals surface area (Å²) < 4.78 is 5.44. The number of morpholine rings is 1. The molecular formula is C14H27N3O. The monoisotopic (exact) mass is 253 g/mol. The van der Waals surface area contributed by atoms with Crippen molar-refractivity contribution in [3.8, 4) is 11.8 Å². The average molecular weight is 253 g/mol. The van der Waals surface area contributed by atoms with Crippen molar-refractivity contribution in [1.29, 1.82) is 0 Å². The van der Waals surface area contributed by atoms with E-state index in [2.05, 4.69) is 36.0 Å². The van der Waals surface area contributed by atoms with Gasteiger partial charge in [-0.25, -0.2) is 0 Å². The normalized spacial score (nSPS) is 21.8. The van der Waals surface area contributed by atoms with Gasteiger partial charge in [0.1, 0.15) is 0 Å². The Balaban J connectivity index is 2.70. The Labute approximate surface area is 111 Å². The van der Waals surface area contributed by atoms with Crippen LogP contribution in [-0.2, 0) is 4.74 Å². The second-order valence-electron chi connectivity index (χ2n) is 4.99. The van der Waals surface area contributed by atoms with Gasteiger partial charge in [-0.3, -0.25) is 16.2 Å². The van der Waals surface area contributed by atoms with Gasteiger partial charge in [0.25, 0.3) is 0 Å². The van der Waals surface area contributed by atoms with Crippen LogP contribution in [0.5, 0.6) is 0 Å². The summed E-state index contributed by atoms with van der Waals surface area (Å²) in [5, 5.41) is 0. The summed E-state index contributed by atoms with van der Waals surface area (Å²) in [5.41, 5.74) is 3.08. The second-order valence-corrected chi connectivity index (χ2v) is 4.99. The number of nitrogens with one attached hydrogen (secondary N) is 1. The molecule has 0 saturated carbocycles. The molecule has 0 spiro atoms. The number of ether oxygens (including phenoxy) is 1. The van der Waals surface area contributed by atoms with E-state index in [0.29, 0.717) is 0 Å². The van der Waals surface area contributed by atoms with Gasteiger partial charge >= 0.3 is 0 Å². The SMILES string of the molecule is CC#CCCC(NN)C(C)(CC)N1CCOCC1. The van der Waals surface area contributed by atoms with Crippen LogP contribution in [0, 0.1) is 11.8 Å². The van der Waals surface area contributed by atoms with Gasteiger partial charge < -0.3 is 4.74 Å². The van der Waals surface area contributed by atoms with Gasteiger partial charge in [-0.05, 0) is 26.7 Å². The molecule has 2 unspecified atom stereocenters. The van der Waals surface area contributed by atoms with Crippen LogP contribution < -0.4 is 11.3 Å². The highest BCUT2D eigenvalue weighted by Crippen LogP contribution is 2.27. The second kappa shape index (κ2) is 7.75. The first-order valence-corrected chi connectivity index (χ1v) is 6.87. The summed E-state index contributed by atoms with van der Waals surface area (Å²) >= 11 is 0. The van der Waals surface area contributed by atoms with E-state index in [4.69, 9.17) is 10.6 Å². The zero-order valence-electron chi connectivity index (χ0n) is 12.0. The molecule has 0 aromatic heterocycles. The van der Waals surface area contributed by atoms with E-state index in [1.165, 1.54) is 0 Å². The molecule has 104 valence electrons. The summed E-state index contributed by atoms with van der Waals surface area (Å²) in [7, 11) is 0. The van der Waals surface area contributed by atoms with E-state index in [-0.39, 0.29) is 11.6 Å². The van der Waals surface area contributed by atoms with Gasteiger partial charge in [-0.15, -0.1) is 11.8 Å². The molecule has 18 heavy (non-hydrogen) atoms. The Morgan fingerprint density at radius 1 is 1.44 bits per heavy atom. The first-order valence-electron chi connectivity index (χ1n) is 6.87. The molecule has 2 atom stereocenters. The quantitative estimate of drug-likeness (QED) is 0.423. The minimum atomic E-state index is 0.0773. The fourth-order valence-electron chi connectivity index (χ4n) is 2.68. The maximum atomic E-state index is 5.77. The Morgan fingerprint density at radius 3 is 2.61 bits per heavy atom. The highest BCUT2D eigenvalue weighted by Gasteiger charge is 2.37. The van der Waals surface area contributed by atoms with E-state index in [9.17, 15) is 0 Å². The van der Waals surface area contributed by atoms with Crippen LogP contribution in [0.15, 0.2) is 0 Å². The summed E-state index contributed by atoms with van der Waals surface area (Å²) in [6.45, 7) is 10.0. The zero-order valence-corrected chi connectivity index (χ0v) is 12.0. The molecule has 3 N–H and O–H groups in total. The van der Waals surface area contributed by atoms with Crippen molar-refractivity contribution in [2.45, 2.75) is 51.6 Å². The first kappa shape index (κ1) is 15.5. The fraction of sp³-hybridized carbons (Fsp3) is 0.857. The molecule has 0 aromatic rings. The number of hydrazine groups is 1. The van der Waals surface area contributed by atoms with Crippen molar-refractivity contribution in [1.82, 2.24) is 10.3 Å². The van der Waals surface area contributed by atoms with Crippen LogP contribution in [0.25, 0.3) is 0 Å². The molecule has 1 aliphatic rings. The lowest BCUT2D eigenvalue weighted by molar-refractivity contribution is -0.0332. The summed E-state index contributed by atoms with van der Waals surface area (Å²) in [5.74, 6) is 11.8. The topological polar surface area (TPSA) is 50.5 Å². The molecule has 1 aliphatic heterocycles. The van der Waals surface area contributed by atoms with Gasteiger partial charge in [-0.2, -0.15) is 0 Å². The van der Waals surface area contributed by atoms with E-state index in [1.807, 2.05) is 6.92 Å². The van der Waals surface area contributed by atoms with Crippen molar-refractivity contribution in [2.75, 3.05) is 26.3 Å². The van der Waals surface area contributed by atoms with Gasteiger partial charge in [0, 0.05) is 31.1 Å². The predicted molar refractivity (Wildman–Crippen MR) is 74.9 cm³/mol. The molecule has 0 amide bonds. The van der Waals surface area contributed by atoms with Gasteiger partial charge in [-0.1, -0.05) is 6.92 Å². The van der Waals surface area contributed by atoms with Crippen LogP contribution >= 0.6 is 0 Å². The van der Waals surface area contributed by atoms with Gasteiger partial charge in [0.15, 0.2) is 0 Å². The standard InChI is InChI=1S/C14H27N3O/c1-4-6-7-8-13(16-15)14(3,5-2)17-9-11-18-12-10-17/h13,16H,5,7-12,15H2,1-3H3. The van der Waals surface area contributed by atoms with E-state index < -0.39 is 0 Å². The van der Waals surface area contributed by atoms with Crippen LogP contribution in [0.4, 0.5) is 0 Å². The molecule has 1 saturated heterocycles. The highest BCUT2D eigenvalue weighted by atomic mass is 16.5. The molecule has 4 heteroatoms. The maximum absolute atomic E-state index is 5.77. The molecule has 1 heterocycles. The minimum absolute atomic E-state index is 0.0773. The third kappa shape index (κ3) is 3.69. The molecule has 0 radical (unpaired) electrons. The molecule has 0 bridgehead atoms. The summed E-state index contributed by atoms with van der Waals surface area (Å²) in [6, 6.07) is 0.265. The molecule has 0 aromatic carbocycles. The van der Waals surface area contributed by atoms with Crippen LogP contribution in [0.1, 0.15) is 40.0 Å². The first-order chi connectivity index (χ1) is 8.69. The summed E-state index contributed by atoms with van der Waals surface area (Å²) in [6.07, 6.45) is 2.95. The van der Waals surface area contributed by atoms with Crippen molar-refractivity contribution >= 4 is 0 Å². The molecule has 0 aliphatic carbocycles. The highest BCUT2D eigenvalue weighted by molar-refractivity contribution is 5.01. The smallest absolute Gasteiger partial charge is 0.0594 e. The molecule has 4 nitrogen and oxygen atoms in total. The third-order valence-corrected chi connectivity index (χ3v) is 4.14. The Morgan fingerprint density at radius 2 is 2.11 bits per heavy atom. The number of hydrogen-bond donors (Lipinski definition) is 2. The Kier molecular flexibility index (Phi) is 6.66. The Bertz CT molecular complexity index is 291. The van der Waals surface area contributed by atoms with Crippen LogP contribution in [0.2, 0.25) is 0 Å². The summed E-state index contributed by atoms with van der Waals surface area (Å²) in [4.78, 5) is 2.50. The van der Waals surface area contributed by atoms with Crippen LogP contribution in [-0.4, -0.2) is 42.8 Å². The zero-order chi connectivity index (χ0) is 13.4. The van der Waals surface area contributed by atoms with E-state index in [1.54, 1.807) is 0 Å². The molecule has 1 rings (SSSR count). The number of nitrogens with zero attached hydrogens (tertiary/aromatic N) is 1. The van der Waals surface area contributed by atoms with Crippen molar-refractivity contribution < 1.29 is 4.74 Å². The fourth-order valence-corrected chi connectivity index (χ4v) is 2.68.